The van der Waals surface area contributed by atoms with Crippen molar-refractivity contribution < 1.29 is 23.5 Å². The van der Waals surface area contributed by atoms with Crippen molar-refractivity contribution >= 4 is 34.4 Å². The standard InChI is InChI=1S/C24H28ClNO6/c1-2-16-11-20-18(13-19(16)25)17(12-22(28)32-20)15-31-23(29)24(5-3-4-6-24)14-21(27)26-7-9-30-10-8-26/h11-13H,2-10,14-15H2,1H3. The van der Waals surface area contributed by atoms with Crippen molar-refractivity contribution in [3.05, 3.63) is 44.8 Å². The van der Waals surface area contributed by atoms with Gasteiger partial charge >= 0.3 is 11.6 Å². The van der Waals surface area contributed by atoms with E-state index in [9.17, 15) is 14.4 Å². The number of fused-ring (bicyclic) bond motifs is 1. The highest BCUT2D eigenvalue weighted by Gasteiger charge is 2.45. The summed E-state index contributed by atoms with van der Waals surface area (Å²) in [6.45, 7) is 4.04. The van der Waals surface area contributed by atoms with E-state index in [0.717, 1.165) is 18.4 Å². The molecule has 1 aliphatic heterocycles. The summed E-state index contributed by atoms with van der Waals surface area (Å²) in [4.78, 5) is 39.9. The van der Waals surface area contributed by atoms with Gasteiger partial charge in [0.15, 0.2) is 0 Å². The number of hydrogen-bond acceptors (Lipinski definition) is 6. The van der Waals surface area contributed by atoms with E-state index >= 15 is 0 Å². The highest BCUT2D eigenvalue weighted by molar-refractivity contribution is 6.32. The number of amides is 1. The third kappa shape index (κ3) is 4.69. The zero-order valence-electron chi connectivity index (χ0n) is 18.3. The number of halogens is 1. The molecule has 1 saturated carbocycles. The molecule has 32 heavy (non-hydrogen) atoms. The predicted molar refractivity (Wildman–Crippen MR) is 120 cm³/mol. The van der Waals surface area contributed by atoms with Gasteiger partial charge in [0.1, 0.15) is 12.2 Å². The van der Waals surface area contributed by atoms with E-state index in [-0.39, 0.29) is 24.9 Å². The lowest BCUT2D eigenvalue weighted by atomic mass is 9.82. The van der Waals surface area contributed by atoms with Gasteiger partial charge in [0.05, 0.1) is 18.6 Å². The molecule has 0 radical (unpaired) electrons. The fraction of sp³-hybridized carbons (Fsp3) is 0.542. The fourth-order valence-corrected chi connectivity index (χ4v) is 4.99. The van der Waals surface area contributed by atoms with E-state index in [2.05, 4.69) is 0 Å². The van der Waals surface area contributed by atoms with Crippen molar-refractivity contribution in [1.29, 1.82) is 0 Å². The Kier molecular flexibility index (Phi) is 6.86. The van der Waals surface area contributed by atoms with E-state index in [0.29, 0.717) is 67.1 Å². The molecule has 2 heterocycles. The Morgan fingerprint density at radius 1 is 1.12 bits per heavy atom. The molecule has 2 fully saturated rings. The summed E-state index contributed by atoms with van der Waals surface area (Å²) >= 11 is 6.36. The molecule has 0 unspecified atom stereocenters. The third-order valence-electron chi connectivity index (χ3n) is 6.58. The van der Waals surface area contributed by atoms with Gasteiger partial charge in [-0.2, -0.15) is 0 Å². The quantitative estimate of drug-likeness (QED) is 0.479. The van der Waals surface area contributed by atoms with Crippen molar-refractivity contribution in [1.82, 2.24) is 4.90 Å². The average Bonchev–Trinajstić information content (AvgIpc) is 3.27. The van der Waals surface area contributed by atoms with Gasteiger partial charge in [-0.15, -0.1) is 0 Å². The number of nitrogens with zero attached hydrogens (tertiary/aromatic N) is 1. The second-order valence-electron chi connectivity index (χ2n) is 8.62. The number of carbonyl (C=O) groups is 2. The molecule has 1 amide bonds. The lowest BCUT2D eigenvalue weighted by molar-refractivity contribution is -0.161. The molecular weight excluding hydrogens is 434 g/mol. The van der Waals surface area contributed by atoms with Crippen LogP contribution in [0.1, 0.15) is 50.2 Å². The minimum absolute atomic E-state index is 0.0307. The monoisotopic (exact) mass is 461 g/mol. The van der Waals surface area contributed by atoms with Crippen LogP contribution in [-0.4, -0.2) is 43.1 Å². The molecule has 2 aliphatic rings. The van der Waals surface area contributed by atoms with Crippen LogP contribution in [0.5, 0.6) is 0 Å². The highest BCUT2D eigenvalue weighted by Crippen LogP contribution is 2.43. The summed E-state index contributed by atoms with van der Waals surface area (Å²) in [5, 5.41) is 1.22. The molecule has 4 rings (SSSR count). The van der Waals surface area contributed by atoms with Crippen LogP contribution < -0.4 is 5.63 Å². The highest BCUT2D eigenvalue weighted by atomic mass is 35.5. The number of esters is 1. The van der Waals surface area contributed by atoms with Crippen LogP contribution in [0.2, 0.25) is 5.02 Å². The lowest BCUT2D eigenvalue weighted by Crippen LogP contribution is -2.44. The largest absolute Gasteiger partial charge is 0.460 e. The summed E-state index contributed by atoms with van der Waals surface area (Å²) in [6, 6.07) is 4.83. The van der Waals surface area contributed by atoms with Gasteiger partial charge in [0.25, 0.3) is 0 Å². The summed E-state index contributed by atoms with van der Waals surface area (Å²) in [5.41, 5.74) is 0.524. The second kappa shape index (κ2) is 9.63. The van der Waals surface area contributed by atoms with Gasteiger partial charge in [-0.05, 0) is 37.0 Å². The summed E-state index contributed by atoms with van der Waals surface area (Å²) in [6.07, 6.45) is 3.89. The molecule has 0 N–H and O–H groups in total. The molecule has 7 nitrogen and oxygen atoms in total. The first kappa shape index (κ1) is 22.8. The van der Waals surface area contributed by atoms with Gasteiger partial charge in [-0.3, -0.25) is 9.59 Å². The molecule has 0 bridgehead atoms. The SMILES string of the molecule is CCc1cc2oc(=O)cc(COC(=O)C3(CC(=O)N4CCOCC4)CCCC3)c2cc1Cl. The zero-order valence-corrected chi connectivity index (χ0v) is 19.0. The first-order chi connectivity index (χ1) is 15.4. The Morgan fingerprint density at radius 3 is 2.53 bits per heavy atom. The van der Waals surface area contributed by atoms with Crippen LogP contribution >= 0.6 is 11.6 Å². The van der Waals surface area contributed by atoms with Crippen LogP contribution in [0.3, 0.4) is 0 Å². The van der Waals surface area contributed by atoms with Crippen LogP contribution in [-0.2, 0) is 32.1 Å². The predicted octanol–water partition coefficient (Wildman–Crippen LogP) is 3.86. The number of hydrogen-bond donors (Lipinski definition) is 0. The fourth-order valence-electron chi connectivity index (χ4n) is 4.69. The molecule has 1 saturated heterocycles. The molecular formula is C24H28ClNO6. The topological polar surface area (TPSA) is 86.0 Å². The number of rotatable bonds is 6. The molecule has 1 aromatic heterocycles. The van der Waals surface area contributed by atoms with Gasteiger partial charge in [-0.1, -0.05) is 31.4 Å². The van der Waals surface area contributed by atoms with Gasteiger partial charge in [-0.25, -0.2) is 4.79 Å². The summed E-state index contributed by atoms with van der Waals surface area (Å²) in [7, 11) is 0. The zero-order chi connectivity index (χ0) is 22.7. The Bertz CT molecular complexity index is 1070. The minimum Gasteiger partial charge on any atom is -0.460 e. The van der Waals surface area contributed by atoms with Gasteiger partial charge in [0.2, 0.25) is 5.91 Å². The van der Waals surface area contributed by atoms with E-state index in [1.165, 1.54) is 6.07 Å². The Labute approximate surface area is 191 Å². The van der Waals surface area contributed by atoms with Gasteiger partial charge < -0.3 is 18.8 Å². The number of morpholine rings is 1. The Morgan fingerprint density at radius 2 is 1.84 bits per heavy atom. The van der Waals surface area contributed by atoms with E-state index in [1.807, 2.05) is 6.92 Å². The van der Waals surface area contributed by atoms with Crippen molar-refractivity contribution in [2.45, 2.75) is 52.1 Å². The number of benzene rings is 1. The Hall–Kier alpha value is -2.38. The maximum absolute atomic E-state index is 13.2. The lowest BCUT2D eigenvalue weighted by Gasteiger charge is -2.32. The number of ether oxygens (including phenoxy) is 2. The van der Waals surface area contributed by atoms with Crippen molar-refractivity contribution in [3.63, 3.8) is 0 Å². The average molecular weight is 462 g/mol. The molecule has 172 valence electrons. The van der Waals surface area contributed by atoms with Crippen LogP contribution in [0, 0.1) is 5.41 Å². The number of carbonyl (C=O) groups excluding carboxylic acids is 2. The van der Waals surface area contributed by atoms with E-state index in [1.54, 1.807) is 17.0 Å². The molecule has 2 aromatic rings. The summed E-state index contributed by atoms with van der Waals surface area (Å²) in [5.74, 6) is -0.411. The molecule has 8 heteroatoms. The molecule has 0 atom stereocenters. The van der Waals surface area contributed by atoms with Crippen molar-refractivity contribution in [2.24, 2.45) is 5.41 Å². The van der Waals surface area contributed by atoms with Crippen molar-refractivity contribution in [3.8, 4) is 0 Å². The van der Waals surface area contributed by atoms with E-state index < -0.39 is 11.0 Å². The van der Waals surface area contributed by atoms with Crippen molar-refractivity contribution in [2.75, 3.05) is 26.3 Å². The second-order valence-corrected chi connectivity index (χ2v) is 9.02. The normalized spacial score (nSPS) is 18.1. The summed E-state index contributed by atoms with van der Waals surface area (Å²) < 4.78 is 16.4. The maximum atomic E-state index is 13.2. The molecule has 1 aromatic carbocycles. The molecule has 0 spiro atoms. The third-order valence-corrected chi connectivity index (χ3v) is 6.94. The van der Waals surface area contributed by atoms with Gasteiger partial charge in [0, 0.05) is 41.5 Å². The Balaban J connectivity index is 1.52. The first-order valence-corrected chi connectivity index (χ1v) is 11.6. The van der Waals surface area contributed by atoms with Crippen LogP contribution in [0.4, 0.5) is 0 Å². The molecule has 1 aliphatic carbocycles. The number of aryl methyl sites for hydroxylation is 1. The first-order valence-electron chi connectivity index (χ1n) is 11.2. The smallest absolute Gasteiger partial charge is 0.336 e. The van der Waals surface area contributed by atoms with Crippen LogP contribution in [0.25, 0.3) is 11.0 Å². The maximum Gasteiger partial charge on any atom is 0.336 e. The van der Waals surface area contributed by atoms with Crippen LogP contribution in [0.15, 0.2) is 27.4 Å². The minimum atomic E-state index is -0.808. The van der Waals surface area contributed by atoms with E-state index in [4.69, 9.17) is 25.5 Å².